The maximum Gasteiger partial charge on any atom is 0.317 e. The van der Waals surface area contributed by atoms with Gasteiger partial charge in [0.15, 0.2) is 0 Å². The number of hydrogen-bond acceptors (Lipinski definition) is 3. The minimum atomic E-state index is -0.797. The number of carbonyl (C=O) groups is 2. The molecule has 6 nitrogen and oxygen atoms in total. The van der Waals surface area contributed by atoms with E-state index in [0.29, 0.717) is 6.54 Å². The van der Waals surface area contributed by atoms with Gasteiger partial charge in [0, 0.05) is 25.2 Å². The monoisotopic (exact) mass is 385 g/mol. The SMILES string of the molecule is CCN(CC(=O)O)C1CC(NC(=O)N2CC=C(c3cc(C)cc(C)c3)CC2)C1. The van der Waals surface area contributed by atoms with Gasteiger partial charge in [-0.05, 0) is 50.8 Å². The van der Waals surface area contributed by atoms with Crippen molar-refractivity contribution < 1.29 is 14.7 Å². The van der Waals surface area contributed by atoms with Crippen molar-refractivity contribution in [3.05, 3.63) is 41.0 Å². The Morgan fingerprint density at radius 2 is 1.89 bits per heavy atom. The molecule has 2 amide bonds. The Labute approximate surface area is 167 Å². The summed E-state index contributed by atoms with van der Waals surface area (Å²) < 4.78 is 0. The van der Waals surface area contributed by atoms with Crippen LogP contribution in [0, 0.1) is 13.8 Å². The number of nitrogens with zero attached hydrogens (tertiary/aromatic N) is 2. The zero-order valence-corrected chi connectivity index (χ0v) is 17.1. The highest BCUT2D eigenvalue weighted by Crippen LogP contribution is 2.27. The van der Waals surface area contributed by atoms with Crippen LogP contribution in [0.15, 0.2) is 24.3 Å². The molecular weight excluding hydrogens is 354 g/mol. The van der Waals surface area contributed by atoms with Crippen molar-refractivity contribution in [1.82, 2.24) is 15.1 Å². The fourth-order valence-corrected chi connectivity index (χ4v) is 4.22. The van der Waals surface area contributed by atoms with Crippen LogP contribution in [0.25, 0.3) is 5.57 Å². The molecule has 1 aliphatic carbocycles. The van der Waals surface area contributed by atoms with Gasteiger partial charge < -0.3 is 15.3 Å². The minimum Gasteiger partial charge on any atom is -0.480 e. The predicted molar refractivity (Wildman–Crippen MR) is 110 cm³/mol. The van der Waals surface area contributed by atoms with Crippen LogP contribution < -0.4 is 5.32 Å². The summed E-state index contributed by atoms with van der Waals surface area (Å²) in [5.41, 5.74) is 5.10. The Hall–Kier alpha value is -2.34. The Morgan fingerprint density at radius 1 is 1.21 bits per heavy atom. The summed E-state index contributed by atoms with van der Waals surface area (Å²) in [6.07, 6.45) is 4.67. The maximum absolute atomic E-state index is 12.6. The Bertz CT molecular complexity index is 748. The van der Waals surface area contributed by atoms with Crippen LogP contribution >= 0.6 is 0 Å². The molecule has 0 saturated heterocycles. The van der Waals surface area contributed by atoms with E-state index in [4.69, 9.17) is 5.11 Å². The van der Waals surface area contributed by atoms with E-state index in [1.165, 1.54) is 22.3 Å². The number of rotatable bonds is 6. The van der Waals surface area contributed by atoms with Crippen molar-refractivity contribution in [2.24, 2.45) is 0 Å². The van der Waals surface area contributed by atoms with E-state index in [1.807, 2.05) is 16.7 Å². The van der Waals surface area contributed by atoms with E-state index < -0.39 is 5.97 Å². The Morgan fingerprint density at radius 3 is 2.43 bits per heavy atom. The van der Waals surface area contributed by atoms with Gasteiger partial charge in [0.25, 0.3) is 0 Å². The highest BCUT2D eigenvalue weighted by atomic mass is 16.4. The second-order valence-corrected chi connectivity index (χ2v) is 8.03. The lowest BCUT2D eigenvalue weighted by atomic mass is 9.85. The van der Waals surface area contributed by atoms with Gasteiger partial charge in [-0.3, -0.25) is 9.69 Å². The molecule has 0 unspecified atom stereocenters. The number of carboxylic acids is 1. The quantitative estimate of drug-likeness (QED) is 0.789. The molecule has 0 aromatic heterocycles. The standard InChI is InChI=1S/C22H31N3O3/c1-4-24(14-21(26)27)20-12-19(13-20)23-22(28)25-7-5-17(6-8-25)18-10-15(2)9-16(3)11-18/h5,9-11,19-20H,4,6-8,12-14H2,1-3H3,(H,23,28)(H,26,27). The van der Waals surface area contributed by atoms with Gasteiger partial charge in [0.1, 0.15) is 0 Å². The van der Waals surface area contributed by atoms with Crippen LogP contribution in [0.3, 0.4) is 0 Å². The molecule has 2 aliphatic rings. The molecule has 0 bridgehead atoms. The number of amides is 2. The molecule has 0 radical (unpaired) electrons. The third-order valence-electron chi connectivity index (χ3n) is 5.79. The fourth-order valence-electron chi connectivity index (χ4n) is 4.22. The van der Waals surface area contributed by atoms with Crippen LogP contribution in [-0.4, -0.2) is 65.2 Å². The van der Waals surface area contributed by atoms with E-state index in [9.17, 15) is 9.59 Å². The predicted octanol–water partition coefficient (Wildman–Crippen LogP) is 3.04. The summed E-state index contributed by atoms with van der Waals surface area (Å²) in [5, 5.41) is 12.1. The lowest BCUT2D eigenvalue weighted by Crippen LogP contribution is -2.57. The van der Waals surface area contributed by atoms with Crippen molar-refractivity contribution in [1.29, 1.82) is 0 Å². The van der Waals surface area contributed by atoms with Crippen LogP contribution in [-0.2, 0) is 4.79 Å². The first-order chi connectivity index (χ1) is 13.4. The highest BCUT2D eigenvalue weighted by molar-refractivity contribution is 5.77. The number of hydrogen-bond donors (Lipinski definition) is 2. The first-order valence-corrected chi connectivity index (χ1v) is 10.1. The second-order valence-electron chi connectivity index (χ2n) is 8.03. The summed E-state index contributed by atoms with van der Waals surface area (Å²) in [7, 11) is 0. The summed E-state index contributed by atoms with van der Waals surface area (Å²) in [6.45, 7) is 8.34. The van der Waals surface area contributed by atoms with Gasteiger partial charge in [-0.1, -0.05) is 42.3 Å². The molecule has 1 heterocycles. The highest BCUT2D eigenvalue weighted by Gasteiger charge is 2.35. The summed E-state index contributed by atoms with van der Waals surface area (Å²) in [6, 6.07) is 6.97. The molecule has 1 aromatic carbocycles. The summed E-state index contributed by atoms with van der Waals surface area (Å²) in [5.74, 6) is -0.797. The van der Waals surface area contributed by atoms with Gasteiger partial charge in [-0.25, -0.2) is 4.79 Å². The Balaban J connectivity index is 1.48. The van der Waals surface area contributed by atoms with Crippen molar-refractivity contribution in [2.45, 2.75) is 52.1 Å². The van der Waals surface area contributed by atoms with E-state index >= 15 is 0 Å². The number of carbonyl (C=O) groups excluding carboxylic acids is 1. The topological polar surface area (TPSA) is 72.9 Å². The smallest absolute Gasteiger partial charge is 0.317 e. The number of nitrogens with one attached hydrogen (secondary N) is 1. The van der Waals surface area contributed by atoms with Crippen molar-refractivity contribution in [2.75, 3.05) is 26.2 Å². The molecule has 1 aromatic rings. The first-order valence-electron chi connectivity index (χ1n) is 10.1. The lowest BCUT2D eigenvalue weighted by molar-refractivity contribution is -0.139. The molecule has 6 heteroatoms. The third-order valence-corrected chi connectivity index (χ3v) is 5.79. The molecule has 3 rings (SSSR count). The molecule has 2 N–H and O–H groups in total. The van der Waals surface area contributed by atoms with Crippen molar-refractivity contribution >= 4 is 17.6 Å². The second kappa shape index (κ2) is 8.78. The van der Waals surface area contributed by atoms with Gasteiger partial charge in [0.05, 0.1) is 6.54 Å². The average molecular weight is 386 g/mol. The van der Waals surface area contributed by atoms with Crippen LogP contribution in [0.2, 0.25) is 0 Å². The van der Waals surface area contributed by atoms with E-state index in [0.717, 1.165) is 32.4 Å². The number of aliphatic carboxylic acids is 1. The Kier molecular flexibility index (Phi) is 6.39. The van der Waals surface area contributed by atoms with Gasteiger partial charge in [-0.2, -0.15) is 0 Å². The summed E-state index contributed by atoms with van der Waals surface area (Å²) in [4.78, 5) is 27.3. The number of urea groups is 1. The van der Waals surface area contributed by atoms with Gasteiger partial charge >= 0.3 is 12.0 Å². The first kappa shape index (κ1) is 20.4. The third kappa shape index (κ3) is 4.93. The average Bonchev–Trinajstić information content (AvgIpc) is 2.61. The fraction of sp³-hybridized carbons (Fsp3) is 0.545. The molecule has 0 spiro atoms. The van der Waals surface area contributed by atoms with E-state index in [-0.39, 0.29) is 24.7 Å². The minimum absolute atomic E-state index is 0.0135. The van der Waals surface area contributed by atoms with Crippen LogP contribution in [0.1, 0.15) is 42.9 Å². The van der Waals surface area contributed by atoms with Crippen LogP contribution in [0.4, 0.5) is 4.79 Å². The zero-order chi connectivity index (χ0) is 20.3. The van der Waals surface area contributed by atoms with E-state index in [1.54, 1.807) is 0 Å². The number of likely N-dealkylation sites (N-methyl/N-ethyl adjacent to an activating group) is 1. The molecule has 28 heavy (non-hydrogen) atoms. The van der Waals surface area contributed by atoms with Gasteiger partial charge in [0.2, 0.25) is 0 Å². The molecular formula is C22H31N3O3. The normalized spacial score (nSPS) is 21.9. The summed E-state index contributed by atoms with van der Waals surface area (Å²) >= 11 is 0. The molecule has 1 fully saturated rings. The van der Waals surface area contributed by atoms with Crippen molar-refractivity contribution in [3.63, 3.8) is 0 Å². The zero-order valence-electron chi connectivity index (χ0n) is 17.1. The maximum atomic E-state index is 12.6. The molecule has 1 aliphatic heterocycles. The molecule has 152 valence electrons. The van der Waals surface area contributed by atoms with E-state index in [2.05, 4.69) is 43.4 Å². The van der Waals surface area contributed by atoms with Gasteiger partial charge in [-0.15, -0.1) is 0 Å². The molecule has 1 saturated carbocycles. The lowest BCUT2D eigenvalue weighted by Gasteiger charge is -2.43. The number of carboxylic acid groups (broad SMARTS) is 1. The molecule has 0 atom stereocenters. The number of aryl methyl sites for hydroxylation is 2. The van der Waals surface area contributed by atoms with Crippen molar-refractivity contribution in [3.8, 4) is 0 Å². The largest absolute Gasteiger partial charge is 0.480 e. The number of benzene rings is 1. The van der Waals surface area contributed by atoms with Crippen LogP contribution in [0.5, 0.6) is 0 Å².